The number of hydrogen-bond acceptors (Lipinski definition) is 4. The molecule has 1 aliphatic heterocycles. The van der Waals surface area contributed by atoms with Crippen molar-refractivity contribution in [3.63, 3.8) is 0 Å². The number of benzene rings is 1. The van der Waals surface area contributed by atoms with Gasteiger partial charge in [0.15, 0.2) is 0 Å². The number of aromatic nitrogens is 2. The molecule has 8 heteroatoms. The number of urea groups is 1. The minimum atomic E-state index is -0.385. The summed E-state index contributed by atoms with van der Waals surface area (Å²) in [5, 5.41) is 9.77. The van der Waals surface area contributed by atoms with Gasteiger partial charge >= 0.3 is 6.03 Å². The summed E-state index contributed by atoms with van der Waals surface area (Å²) < 4.78 is 1.94. The topological polar surface area (TPSA) is 96.3 Å². The summed E-state index contributed by atoms with van der Waals surface area (Å²) in [6, 6.07) is 8.55. The Balaban J connectivity index is 1.46. The van der Waals surface area contributed by atoms with Gasteiger partial charge < -0.3 is 10.6 Å². The largest absolute Gasteiger partial charge is 0.352 e. The molecule has 1 aliphatic rings. The van der Waals surface area contributed by atoms with E-state index in [-0.39, 0.29) is 30.9 Å². The summed E-state index contributed by atoms with van der Waals surface area (Å²) in [6.45, 7) is 5.53. The minimum Gasteiger partial charge on any atom is -0.352 e. The molecule has 142 valence electrons. The van der Waals surface area contributed by atoms with Crippen LogP contribution in [0.4, 0.5) is 4.79 Å². The van der Waals surface area contributed by atoms with Crippen molar-refractivity contribution >= 4 is 17.8 Å². The van der Waals surface area contributed by atoms with Crippen LogP contribution in [0.15, 0.2) is 30.3 Å². The molecule has 0 radical (unpaired) electrons. The van der Waals surface area contributed by atoms with E-state index in [1.807, 2.05) is 24.6 Å². The lowest BCUT2D eigenvalue weighted by Crippen LogP contribution is -2.30. The van der Waals surface area contributed by atoms with Crippen molar-refractivity contribution in [3.05, 3.63) is 52.8 Å². The molecule has 2 N–H and O–H groups in total. The molecule has 8 nitrogen and oxygen atoms in total. The van der Waals surface area contributed by atoms with E-state index in [4.69, 9.17) is 0 Å². The van der Waals surface area contributed by atoms with Gasteiger partial charge in [0.2, 0.25) is 5.91 Å². The molecule has 0 spiro atoms. The summed E-state index contributed by atoms with van der Waals surface area (Å²) in [4.78, 5) is 36.6. The second kappa shape index (κ2) is 8.03. The third-order valence-corrected chi connectivity index (χ3v) is 4.43. The average molecular weight is 369 g/mol. The molecule has 2 heterocycles. The first-order chi connectivity index (χ1) is 12.9. The Hall–Kier alpha value is -3.16. The Kier molecular flexibility index (Phi) is 5.54. The number of carbonyl (C=O) groups excluding carboxylic acids is 3. The Labute approximate surface area is 157 Å². The summed E-state index contributed by atoms with van der Waals surface area (Å²) in [5.74, 6) is -0.394. The van der Waals surface area contributed by atoms with Crippen molar-refractivity contribution in [3.8, 4) is 0 Å². The highest BCUT2D eigenvalue weighted by atomic mass is 16.2. The van der Waals surface area contributed by atoms with Crippen LogP contribution >= 0.6 is 0 Å². The van der Waals surface area contributed by atoms with E-state index in [2.05, 4.69) is 15.7 Å². The molecule has 0 bridgehead atoms. The van der Waals surface area contributed by atoms with Gasteiger partial charge in [-0.05, 0) is 44.0 Å². The number of aryl methyl sites for hydroxylation is 3. The maximum atomic E-state index is 12.2. The number of hydrogen-bond donors (Lipinski definition) is 2. The molecule has 1 aromatic carbocycles. The predicted molar refractivity (Wildman–Crippen MR) is 99.0 cm³/mol. The number of amides is 4. The SMILES string of the molecule is Cc1cc(C)n(CCCNC(=O)c2ccc(CN3C(=O)CNC3=O)cc2)n1. The summed E-state index contributed by atoms with van der Waals surface area (Å²) >= 11 is 0. The Bertz CT molecular complexity index is 841. The monoisotopic (exact) mass is 369 g/mol. The molecule has 1 fully saturated rings. The molecular weight excluding hydrogens is 346 g/mol. The minimum absolute atomic E-state index is 0.0386. The van der Waals surface area contributed by atoms with Gasteiger partial charge in [0.05, 0.1) is 18.8 Å². The fraction of sp³-hybridized carbons (Fsp3) is 0.368. The summed E-state index contributed by atoms with van der Waals surface area (Å²) in [5.41, 5.74) is 3.44. The van der Waals surface area contributed by atoms with E-state index in [0.29, 0.717) is 12.1 Å². The third-order valence-electron chi connectivity index (χ3n) is 4.43. The van der Waals surface area contributed by atoms with Crippen LogP contribution in [0.1, 0.15) is 33.7 Å². The normalized spacial score (nSPS) is 13.8. The fourth-order valence-corrected chi connectivity index (χ4v) is 2.99. The number of imide groups is 1. The lowest BCUT2D eigenvalue weighted by Gasteiger charge is -2.12. The zero-order chi connectivity index (χ0) is 19.4. The molecule has 27 heavy (non-hydrogen) atoms. The van der Waals surface area contributed by atoms with Crippen molar-refractivity contribution in [2.75, 3.05) is 13.1 Å². The molecule has 1 aromatic heterocycles. The van der Waals surface area contributed by atoms with Crippen molar-refractivity contribution in [2.24, 2.45) is 0 Å². The van der Waals surface area contributed by atoms with Crippen LogP contribution < -0.4 is 10.6 Å². The van der Waals surface area contributed by atoms with Gasteiger partial charge in [-0.15, -0.1) is 0 Å². The van der Waals surface area contributed by atoms with Gasteiger partial charge in [-0.3, -0.25) is 19.2 Å². The fourth-order valence-electron chi connectivity index (χ4n) is 2.99. The van der Waals surface area contributed by atoms with Crippen LogP contribution in [-0.4, -0.2) is 45.6 Å². The van der Waals surface area contributed by atoms with Crippen LogP contribution in [0.2, 0.25) is 0 Å². The molecule has 0 atom stereocenters. The number of nitrogens with zero attached hydrogens (tertiary/aromatic N) is 3. The van der Waals surface area contributed by atoms with Gasteiger partial charge in [0.1, 0.15) is 0 Å². The van der Waals surface area contributed by atoms with E-state index in [9.17, 15) is 14.4 Å². The first-order valence-electron chi connectivity index (χ1n) is 8.90. The maximum Gasteiger partial charge on any atom is 0.324 e. The smallest absolute Gasteiger partial charge is 0.324 e. The Morgan fingerprint density at radius 1 is 1.22 bits per heavy atom. The predicted octanol–water partition coefficient (Wildman–Crippen LogP) is 1.37. The van der Waals surface area contributed by atoms with Crippen molar-refractivity contribution < 1.29 is 14.4 Å². The molecule has 0 aliphatic carbocycles. The second-order valence-electron chi connectivity index (χ2n) is 6.60. The zero-order valence-corrected chi connectivity index (χ0v) is 15.5. The summed E-state index contributed by atoms with van der Waals surface area (Å²) in [7, 11) is 0. The molecule has 1 saturated heterocycles. The van der Waals surface area contributed by atoms with Crippen molar-refractivity contribution in [1.29, 1.82) is 0 Å². The lowest BCUT2D eigenvalue weighted by atomic mass is 10.1. The third kappa shape index (κ3) is 4.52. The van der Waals surface area contributed by atoms with E-state index in [1.54, 1.807) is 24.3 Å². The molecule has 0 unspecified atom stereocenters. The standard InChI is InChI=1S/C19H23N5O3/c1-13-10-14(2)24(22-13)9-3-8-20-18(26)16-6-4-15(5-7-16)12-23-17(25)11-21-19(23)27/h4-7,10H,3,8-9,11-12H2,1-2H3,(H,20,26)(H,21,27). The second-order valence-corrected chi connectivity index (χ2v) is 6.60. The number of rotatable bonds is 7. The highest BCUT2D eigenvalue weighted by Gasteiger charge is 2.28. The average Bonchev–Trinajstić information content (AvgIpc) is 3.14. The molecule has 2 aromatic rings. The van der Waals surface area contributed by atoms with Crippen LogP contribution in [0.3, 0.4) is 0 Å². The van der Waals surface area contributed by atoms with Gasteiger partial charge in [0.25, 0.3) is 5.91 Å². The summed E-state index contributed by atoms with van der Waals surface area (Å²) in [6.07, 6.45) is 0.790. The van der Waals surface area contributed by atoms with Gasteiger partial charge in [-0.2, -0.15) is 5.10 Å². The van der Waals surface area contributed by atoms with E-state index >= 15 is 0 Å². The van der Waals surface area contributed by atoms with Gasteiger partial charge in [-0.25, -0.2) is 4.79 Å². The Morgan fingerprint density at radius 2 is 1.96 bits per heavy atom. The first-order valence-corrected chi connectivity index (χ1v) is 8.90. The first kappa shape index (κ1) is 18.6. The quantitative estimate of drug-likeness (QED) is 0.569. The van der Waals surface area contributed by atoms with Gasteiger partial charge in [-0.1, -0.05) is 12.1 Å². The zero-order valence-electron chi connectivity index (χ0n) is 15.5. The van der Waals surface area contributed by atoms with Crippen molar-refractivity contribution in [2.45, 2.75) is 33.4 Å². The van der Waals surface area contributed by atoms with E-state index < -0.39 is 0 Å². The highest BCUT2D eigenvalue weighted by Crippen LogP contribution is 2.10. The highest BCUT2D eigenvalue weighted by molar-refractivity contribution is 6.01. The molecule has 3 rings (SSSR count). The Morgan fingerprint density at radius 3 is 2.56 bits per heavy atom. The lowest BCUT2D eigenvalue weighted by molar-refractivity contribution is -0.125. The van der Waals surface area contributed by atoms with Crippen LogP contribution in [0, 0.1) is 13.8 Å². The van der Waals surface area contributed by atoms with Gasteiger partial charge in [0, 0.05) is 24.3 Å². The van der Waals surface area contributed by atoms with Crippen LogP contribution in [0.25, 0.3) is 0 Å². The van der Waals surface area contributed by atoms with Crippen LogP contribution in [0.5, 0.6) is 0 Å². The maximum absolute atomic E-state index is 12.2. The van der Waals surface area contributed by atoms with E-state index in [0.717, 1.165) is 34.8 Å². The van der Waals surface area contributed by atoms with E-state index in [1.165, 1.54) is 0 Å². The van der Waals surface area contributed by atoms with Crippen LogP contribution in [-0.2, 0) is 17.9 Å². The number of carbonyl (C=O) groups is 3. The van der Waals surface area contributed by atoms with Crippen molar-refractivity contribution in [1.82, 2.24) is 25.3 Å². The molecular formula is C19H23N5O3. The molecule has 0 saturated carbocycles. The molecule has 4 amide bonds. The number of nitrogens with one attached hydrogen (secondary N) is 2.